The van der Waals surface area contributed by atoms with E-state index in [1.54, 1.807) is 0 Å². The molecule has 2 aromatic carbocycles. The molecule has 0 saturated heterocycles. The Morgan fingerprint density at radius 3 is 2.67 bits per heavy atom. The van der Waals surface area contributed by atoms with Crippen LogP contribution in [0.2, 0.25) is 5.02 Å². The lowest BCUT2D eigenvalue weighted by Crippen LogP contribution is -2.04. The standard InChI is InChI=1S/C16H13Cl2IN2/c1-9-4-3-5-12(18)15(9)21-14-7-6-11(19)8-13(14)20-16(21)10(2)17/h3-8,10H,1-2H3. The van der Waals surface area contributed by atoms with E-state index in [4.69, 9.17) is 28.2 Å². The molecule has 0 fully saturated rings. The average Bonchev–Trinajstić information content (AvgIpc) is 2.77. The van der Waals surface area contributed by atoms with Gasteiger partial charge in [-0.25, -0.2) is 4.98 Å². The molecule has 1 heterocycles. The fraction of sp³-hybridized carbons (Fsp3) is 0.188. The summed E-state index contributed by atoms with van der Waals surface area (Å²) in [7, 11) is 0. The summed E-state index contributed by atoms with van der Waals surface area (Å²) in [6, 6.07) is 12.1. The molecule has 0 aliphatic heterocycles. The number of fused-ring (bicyclic) bond motifs is 1. The molecule has 0 spiro atoms. The van der Waals surface area contributed by atoms with E-state index >= 15 is 0 Å². The molecular formula is C16H13Cl2IN2. The van der Waals surface area contributed by atoms with Crippen molar-refractivity contribution >= 4 is 56.8 Å². The van der Waals surface area contributed by atoms with Crippen molar-refractivity contribution in [3.8, 4) is 5.69 Å². The first-order valence-electron chi connectivity index (χ1n) is 6.56. The number of rotatable bonds is 2. The third-order valence-electron chi connectivity index (χ3n) is 3.41. The molecule has 108 valence electrons. The Bertz CT molecular complexity index is 804. The first kappa shape index (κ1) is 15.1. The van der Waals surface area contributed by atoms with Gasteiger partial charge in [-0.05, 0) is 66.3 Å². The first-order valence-corrected chi connectivity index (χ1v) is 8.46. The van der Waals surface area contributed by atoms with E-state index in [1.165, 1.54) is 0 Å². The summed E-state index contributed by atoms with van der Waals surface area (Å²) in [5.74, 6) is 0.810. The maximum Gasteiger partial charge on any atom is 0.132 e. The van der Waals surface area contributed by atoms with Gasteiger partial charge in [0, 0.05) is 3.57 Å². The van der Waals surface area contributed by atoms with Gasteiger partial charge in [-0.2, -0.15) is 0 Å². The van der Waals surface area contributed by atoms with E-state index in [0.29, 0.717) is 5.02 Å². The predicted octanol–water partition coefficient (Wildman–Crippen LogP) is 5.89. The number of alkyl halides is 1. The van der Waals surface area contributed by atoms with Gasteiger partial charge in [0.1, 0.15) is 5.82 Å². The lowest BCUT2D eigenvalue weighted by Gasteiger charge is -2.14. The lowest BCUT2D eigenvalue weighted by atomic mass is 10.2. The van der Waals surface area contributed by atoms with Crippen molar-refractivity contribution in [2.75, 3.05) is 0 Å². The Labute approximate surface area is 147 Å². The molecule has 5 heteroatoms. The number of halogens is 3. The quantitative estimate of drug-likeness (QED) is 0.366. The van der Waals surface area contributed by atoms with Crippen LogP contribution in [-0.4, -0.2) is 9.55 Å². The Kier molecular flexibility index (Phi) is 4.17. The van der Waals surface area contributed by atoms with Crippen LogP contribution < -0.4 is 0 Å². The molecule has 0 aliphatic carbocycles. The zero-order valence-electron chi connectivity index (χ0n) is 11.6. The molecular weight excluding hydrogens is 418 g/mol. The van der Waals surface area contributed by atoms with Crippen molar-refractivity contribution in [3.63, 3.8) is 0 Å². The normalized spacial score (nSPS) is 12.8. The first-order chi connectivity index (χ1) is 9.99. The summed E-state index contributed by atoms with van der Waals surface area (Å²) in [4.78, 5) is 4.70. The van der Waals surface area contributed by atoms with Gasteiger partial charge in [0.15, 0.2) is 0 Å². The van der Waals surface area contributed by atoms with Crippen LogP contribution >= 0.6 is 45.8 Å². The smallest absolute Gasteiger partial charge is 0.132 e. The van der Waals surface area contributed by atoms with Gasteiger partial charge in [-0.3, -0.25) is 4.57 Å². The van der Waals surface area contributed by atoms with Crippen molar-refractivity contribution in [3.05, 3.63) is 56.4 Å². The van der Waals surface area contributed by atoms with Crippen LogP contribution in [0, 0.1) is 10.5 Å². The second-order valence-electron chi connectivity index (χ2n) is 4.96. The number of hydrogen-bond donors (Lipinski definition) is 0. The van der Waals surface area contributed by atoms with Crippen molar-refractivity contribution in [2.24, 2.45) is 0 Å². The molecule has 0 bridgehead atoms. The fourth-order valence-corrected chi connectivity index (χ4v) is 3.41. The highest BCUT2D eigenvalue weighted by atomic mass is 127. The average molecular weight is 431 g/mol. The molecule has 1 aromatic heterocycles. The van der Waals surface area contributed by atoms with Crippen LogP contribution in [0.1, 0.15) is 23.7 Å². The number of nitrogens with zero attached hydrogens (tertiary/aromatic N) is 2. The van der Waals surface area contributed by atoms with Crippen LogP contribution in [0.25, 0.3) is 16.7 Å². The zero-order chi connectivity index (χ0) is 15.1. The molecule has 0 aliphatic rings. The third kappa shape index (κ3) is 2.67. The number of aromatic nitrogens is 2. The Hall–Kier alpha value is -0.780. The number of imidazole rings is 1. The molecule has 0 N–H and O–H groups in total. The minimum absolute atomic E-state index is 0.203. The Morgan fingerprint density at radius 2 is 2.00 bits per heavy atom. The van der Waals surface area contributed by atoms with Gasteiger partial charge < -0.3 is 0 Å². The number of aryl methyl sites for hydroxylation is 1. The largest absolute Gasteiger partial charge is 0.293 e. The highest BCUT2D eigenvalue weighted by Crippen LogP contribution is 2.33. The van der Waals surface area contributed by atoms with Crippen LogP contribution in [0.15, 0.2) is 36.4 Å². The molecule has 0 radical (unpaired) electrons. The van der Waals surface area contributed by atoms with E-state index in [0.717, 1.165) is 31.7 Å². The van der Waals surface area contributed by atoms with Gasteiger partial charge in [0.25, 0.3) is 0 Å². The molecule has 21 heavy (non-hydrogen) atoms. The summed E-state index contributed by atoms with van der Waals surface area (Å²) in [5, 5.41) is 0.497. The molecule has 3 aromatic rings. The highest BCUT2D eigenvalue weighted by Gasteiger charge is 2.19. The van der Waals surface area contributed by atoms with E-state index in [-0.39, 0.29) is 5.38 Å². The van der Waals surface area contributed by atoms with Crippen molar-refractivity contribution < 1.29 is 0 Å². The summed E-state index contributed by atoms with van der Waals surface area (Å²) >= 11 is 15.1. The van der Waals surface area contributed by atoms with Crippen molar-refractivity contribution in [1.29, 1.82) is 0 Å². The minimum atomic E-state index is -0.203. The van der Waals surface area contributed by atoms with Gasteiger partial charge in [-0.1, -0.05) is 23.7 Å². The topological polar surface area (TPSA) is 17.8 Å². The maximum atomic E-state index is 6.44. The monoisotopic (exact) mass is 430 g/mol. The van der Waals surface area contributed by atoms with Crippen LogP contribution in [0.5, 0.6) is 0 Å². The highest BCUT2D eigenvalue weighted by molar-refractivity contribution is 14.1. The van der Waals surface area contributed by atoms with E-state index in [1.807, 2.05) is 32.0 Å². The second kappa shape index (κ2) is 5.78. The molecule has 2 nitrogen and oxygen atoms in total. The third-order valence-corrected chi connectivity index (χ3v) is 4.58. The lowest BCUT2D eigenvalue weighted by molar-refractivity contribution is 0.878. The summed E-state index contributed by atoms with van der Waals surface area (Å²) in [6.45, 7) is 3.97. The van der Waals surface area contributed by atoms with Gasteiger partial charge in [-0.15, -0.1) is 11.6 Å². The van der Waals surface area contributed by atoms with E-state index < -0.39 is 0 Å². The molecule has 0 amide bonds. The van der Waals surface area contributed by atoms with Crippen molar-refractivity contribution in [2.45, 2.75) is 19.2 Å². The van der Waals surface area contributed by atoms with Crippen LogP contribution in [0.4, 0.5) is 0 Å². The molecule has 0 saturated carbocycles. The number of hydrogen-bond acceptors (Lipinski definition) is 1. The summed E-state index contributed by atoms with van der Waals surface area (Å²) in [5.41, 5.74) is 4.00. The van der Waals surface area contributed by atoms with Crippen LogP contribution in [-0.2, 0) is 0 Å². The maximum absolute atomic E-state index is 6.44. The predicted molar refractivity (Wildman–Crippen MR) is 97.8 cm³/mol. The second-order valence-corrected chi connectivity index (χ2v) is 7.27. The van der Waals surface area contributed by atoms with Gasteiger partial charge >= 0.3 is 0 Å². The number of para-hydroxylation sites is 1. The summed E-state index contributed by atoms with van der Waals surface area (Å²) < 4.78 is 3.22. The van der Waals surface area contributed by atoms with Crippen LogP contribution in [0.3, 0.4) is 0 Å². The van der Waals surface area contributed by atoms with Gasteiger partial charge in [0.05, 0.1) is 27.1 Å². The van der Waals surface area contributed by atoms with Gasteiger partial charge in [0.2, 0.25) is 0 Å². The molecule has 1 unspecified atom stereocenters. The van der Waals surface area contributed by atoms with E-state index in [9.17, 15) is 0 Å². The molecule has 3 rings (SSSR count). The SMILES string of the molecule is Cc1cccc(Cl)c1-n1c(C(C)Cl)nc2cc(I)ccc21. The zero-order valence-corrected chi connectivity index (χ0v) is 15.2. The Morgan fingerprint density at radius 1 is 1.24 bits per heavy atom. The Balaban J connectivity index is 2.42. The van der Waals surface area contributed by atoms with Crippen molar-refractivity contribution in [1.82, 2.24) is 9.55 Å². The number of benzene rings is 2. The fourth-order valence-electron chi connectivity index (χ4n) is 2.48. The van der Waals surface area contributed by atoms with E-state index in [2.05, 4.69) is 45.4 Å². The minimum Gasteiger partial charge on any atom is -0.293 e. The molecule has 1 atom stereocenters. The summed E-state index contributed by atoms with van der Waals surface area (Å²) in [6.07, 6.45) is 0.